The molecule has 12 heavy (non-hydrogen) atoms. The summed E-state index contributed by atoms with van der Waals surface area (Å²) < 4.78 is 28.9. The fourth-order valence-corrected chi connectivity index (χ4v) is 1.51. The summed E-state index contributed by atoms with van der Waals surface area (Å²) in [7, 11) is -3.80. The summed E-state index contributed by atoms with van der Waals surface area (Å²) in [5.41, 5.74) is 0. The molecule has 1 unspecified atom stereocenters. The number of rotatable bonds is 4. The van der Waals surface area contributed by atoms with Crippen molar-refractivity contribution in [2.24, 2.45) is 0 Å². The number of aliphatic hydroxyl groups excluding tert-OH is 2. The Morgan fingerprint density at radius 3 is 2.17 bits per heavy atom. The Hall–Kier alpha value is 1.18. The third-order valence-electron chi connectivity index (χ3n) is 0.765. The predicted octanol–water partition coefficient (Wildman–Crippen LogP) is -4.01. The van der Waals surface area contributed by atoms with Gasteiger partial charge >= 0.3 is 29.6 Å². The molecule has 0 bridgehead atoms. The van der Waals surface area contributed by atoms with Crippen molar-refractivity contribution in [3.05, 3.63) is 7.43 Å². The molecule has 0 aromatic carbocycles. The molecular formula is C4H10NaO5S2-. The van der Waals surface area contributed by atoms with Gasteiger partial charge in [0.05, 0.1) is 12.4 Å². The van der Waals surface area contributed by atoms with Crippen LogP contribution >= 0.6 is 12.0 Å². The molecule has 0 radical (unpaired) electrons. The maximum atomic E-state index is 10.5. The van der Waals surface area contributed by atoms with E-state index in [4.69, 9.17) is 10.2 Å². The molecule has 2 N–H and O–H groups in total. The first-order chi connectivity index (χ1) is 4.54. The summed E-state index contributed by atoms with van der Waals surface area (Å²) in [5.74, 6) is -0.580. The first kappa shape index (κ1) is 18.9. The van der Waals surface area contributed by atoms with Crippen molar-refractivity contribution in [1.29, 1.82) is 0 Å². The summed E-state index contributed by atoms with van der Waals surface area (Å²) in [6, 6.07) is 0. The molecule has 0 aromatic rings. The van der Waals surface area contributed by atoms with E-state index in [0.29, 0.717) is 0 Å². The standard InChI is InChI=1S/C3H8O5S2.CH3.Na/c4-1-2-10(7,8)3(5)9-6;;/h3-6H,1-2H2;1H3;/q;-1;+1/p-1. The molecule has 0 fully saturated rings. The van der Waals surface area contributed by atoms with Crippen LogP contribution in [0.5, 0.6) is 0 Å². The topological polar surface area (TPSA) is 97.7 Å². The van der Waals surface area contributed by atoms with Gasteiger partial charge in [-0.15, -0.1) is 0 Å². The van der Waals surface area contributed by atoms with Crippen LogP contribution in [0.3, 0.4) is 0 Å². The van der Waals surface area contributed by atoms with Crippen LogP contribution in [-0.2, 0) is 9.84 Å². The average Bonchev–Trinajstić information content (AvgIpc) is 1.86. The minimum absolute atomic E-state index is 0. The van der Waals surface area contributed by atoms with Crippen LogP contribution in [0.2, 0.25) is 0 Å². The summed E-state index contributed by atoms with van der Waals surface area (Å²) in [5, 5.41) is 16.6. The average molecular weight is 225 g/mol. The van der Waals surface area contributed by atoms with Gasteiger partial charge in [-0.05, 0) is 0 Å². The van der Waals surface area contributed by atoms with E-state index in [1.165, 1.54) is 0 Å². The van der Waals surface area contributed by atoms with Crippen molar-refractivity contribution in [3.63, 3.8) is 0 Å². The van der Waals surface area contributed by atoms with Gasteiger partial charge in [0.25, 0.3) is 0 Å². The van der Waals surface area contributed by atoms with Crippen molar-refractivity contribution in [2.45, 2.75) is 4.77 Å². The van der Waals surface area contributed by atoms with Crippen molar-refractivity contribution < 1.29 is 52.7 Å². The molecule has 5 nitrogen and oxygen atoms in total. The smallest absolute Gasteiger partial charge is 0.796 e. The molecule has 0 aliphatic carbocycles. The molecule has 0 saturated carbocycles. The number of hydrogen-bond donors (Lipinski definition) is 2. The molecule has 0 aromatic heterocycles. The molecule has 0 aliphatic rings. The van der Waals surface area contributed by atoms with E-state index < -0.39 is 39.0 Å². The minimum Gasteiger partial charge on any atom is -0.796 e. The molecule has 0 saturated heterocycles. The first-order valence-electron chi connectivity index (χ1n) is 2.33. The molecule has 0 amide bonds. The van der Waals surface area contributed by atoms with Crippen LogP contribution in [0.25, 0.3) is 0 Å². The Balaban J connectivity index is -0.000000405. The Morgan fingerprint density at radius 2 is 1.92 bits per heavy atom. The number of sulfone groups is 1. The van der Waals surface area contributed by atoms with Crippen LogP contribution in [-0.4, -0.2) is 40.3 Å². The van der Waals surface area contributed by atoms with E-state index in [2.05, 4.69) is 0 Å². The van der Waals surface area contributed by atoms with E-state index >= 15 is 0 Å². The van der Waals surface area contributed by atoms with Gasteiger partial charge < -0.3 is 22.2 Å². The summed E-state index contributed by atoms with van der Waals surface area (Å²) >= 11 is -0.422. The van der Waals surface area contributed by atoms with Gasteiger partial charge in [0.15, 0.2) is 14.6 Å². The van der Waals surface area contributed by atoms with Crippen LogP contribution in [0.4, 0.5) is 0 Å². The largest absolute Gasteiger partial charge is 1.00 e. The SMILES string of the molecule is O=S(=O)(CCO)C(O)S[O-].[CH3-].[Na+]. The van der Waals surface area contributed by atoms with Crippen LogP contribution in [0, 0.1) is 7.43 Å². The zero-order valence-electron chi connectivity index (χ0n) is 6.93. The second kappa shape index (κ2) is 8.76. The molecule has 0 rings (SSSR count). The van der Waals surface area contributed by atoms with Crippen LogP contribution < -0.4 is 29.6 Å². The van der Waals surface area contributed by atoms with Crippen molar-refractivity contribution in [3.8, 4) is 0 Å². The molecule has 70 valence electrons. The Kier molecular flexibility index (Phi) is 13.8. The van der Waals surface area contributed by atoms with E-state index in [9.17, 15) is 13.0 Å². The van der Waals surface area contributed by atoms with Gasteiger partial charge in [-0.3, -0.25) is 0 Å². The Labute approximate surface area is 98.6 Å². The number of aliphatic hydroxyl groups is 2. The van der Waals surface area contributed by atoms with Crippen molar-refractivity contribution >= 4 is 21.9 Å². The molecule has 0 aliphatic heterocycles. The van der Waals surface area contributed by atoms with E-state index in [0.717, 1.165) is 0 Å². The fraction of sp³-hybridized carbons (Fsp3) is 0.750. The van der Waals surface area contributed by atoms with Crippen LogP contribution in [0.1, 0.15) is 0 Å². The molecule has 8 heteroatoms. The predicted molar refractivity (Wildman–Crippen MR) is 41.7 cm³/mol. The summed E-state index contributed by atoms with van der Waals surface area (Å²) in [6.07, 6.45) is 0. The quantitative estimate of drug-likeness (QED) is 0.219. The summed E-state index contributed by atoms with van der Waals surface area (Å²) in [6.45, 7) is -0.583. The first-order valence-corrected chi connectivity index (χ1v) is 4.85. The van der Waals surface area contributed by atoms with Gasteiger partial charge in [-0.1, -0.05) is 0 Å². The molecule has 0 heterocycles. The normalized spacial score (nSPS) is 12.6. The molecular weight excluding hydrogens is 215 g/mol. The van der Waals surface area contributed by atoms with Gasteiger partial charge in [0, 0.05) is 0 Å². The van der Waals surface area contributed by atoms with Crippen LogP contribution in [0.15, 0.2) is 0 Å². The molecule has 0 spiro atoms. The maximum absolute atomic E-state index is 10.5. The second-order valence-corrected chi connectivity index (χ2v) is 4.61. The Morgan fingerprint density at radius 1 is 1.50 bits per heavy atom. The zero-order valence-corrected chi connectivity index (χ0v) is 10.6. The second-order valence-electron chi connectivity index (χ2n) is 1.49. The minimum atomic E-state index is -3.80. The van der Waals surface area contributed by atoms with Gasteiger partial charge in [0.1, 0.15) is 0 Å². The van der Waals surface area contributed by atoms with Crippen molar-refractivity contribution in [2.75, 3.05) is 12.4 Å². The van der Waals surface area contributed by atoms with E-state index in [1.807, 2.05) is 0 Å². The van der Waals surface area contributed by atoms with E-state index in [-0.39, 0.29) is 37.0 Å². The molecule has 1 atom stereocenters. The third-order valence-corrected chi connectivity index (χ3v) is 3.41. The Bertz CT molecular complexity index is 180. The van der Waals surface area contributed by atoms with Gasteiger partial charge in [-0.25, -0.2) is 20.5 Å². The monoisotopic (exact) mass is 225 g/mol. The van der Waals surface area contributed by atoms with Crippen molar-refractivity contribution in [1.82, 2.24) is 0 Å². The zero-order chi connectivity index (χ0) is 8.20. The third kappa shape index (κ3) is 6.67. The maximum Gasteiger partial charge on any atom is 1.00 e. The van der Waals surface area contributed by atoms with Gasteiger partial charge in [-0.2, -0.15) is 0 Å². The fourth-order valence-electron chi connectivity index (χ4n) is 0.288. The van der Waals surface area contributed by atoms with Gasteiger partial charge in [0.2, 0.25) is 0 Å². The summed E-state index contributed by atoms with van der Waals surface area (Å²) in [4.78, 5) is 0. The van der Waals surface area contributed by atoms with E-state index in [1.54, 1.807) is 0 Å². The number of hydrogen-bond acceptors (Lipinski definition) is 6.